The summed E-state index contributed by atoms with van der Waals surface area (Å²) in [5.74, 6) is -1.94. The average Bonchev–Trinajstić information content (AvgIpc) is 3.09. The summed E-state index contributed by atoms with van der Waals surface area (Å²) in [5, 5.41) is 15.8. The summed E-state index contributed by atoms with van der Waals surface area (Å²) < 4.78 is 67.0. The Bertz CT molecular complexity index is 1250. The van der Waals surface area contributed by atoms with Crippen molar-refractivity contribution in [3.8, 4) is 0 Å². The second-order valence-corrected chi connectivity index (χ2v) is 8.07. The second-order valence-electron chi connectivity index (χ2n) is 8.07. The number of rotatable bonds is 7. The average molecular weight is 495 g/mol. The quantitative estimate of drug-likeness (QED) is 0.426. The minimum absolute atomic E-state index is 0.00907. The first-order valence-electron chi connectivity index (χ1n) is 10.4. The van der Waals surface area contributed by atoms with Gasteiger partial charge in [-0.1, -0.05) is 18.2 Å². The molecule has 0 saturated carbocycles. The van der Waals surface area contributed by atoms with Crippen molar-refractivity contribution in [2.45, 2.75) is 38.9 Å². The number of hydrogen-bond acceptors (Lipinski definition) is 3. The highest BCUT2D eigenvalue weighted by Gasteiger charge is 2.31. The van der Waals surface area contributed by atoms with Gasteiger partial charge in [-0.2, -0.15) is 18.3 Å². The molecule has 2 N–H and O–H groups in total. The molecule has 1 amide bonds. The van der Waals surface area contributed by atoms with E-state index in [0.717, 1.165) is 16.8 Å². The Morgan fingerprint density at radius 2 is 1.74 bits per heavy atom. The number of halogens is 5. The summed E-state index contributed by atoms with van der Waals surface area (Å²) in [5.41, 5.74) is -0.228. The number of carboxylic acid groups (broad SMARTS) is 1. The van der Waals surface area contributed by atoms with Gasteiger partial charge in [-0.3, -0.25) is 9.48 Å². The molecule has 0 aliphatic rings. The van der Waals surface area contributed by atoms with Gasteiger partial charge in [0.1, 0.15) is 5.69 Å². The lowest BCUT2D eigenvalue weighted by Crippen LogP contribution is -2.29. The predicted molar refractivity (Wildman–Crippen MR) is 116 cm³/mol. The van der Waals surface area contributed by atoms with Crippen LogP contribution in [0.1, 0.15) is 73.7 Å². The molecule has 2 aromatic carbocycles. The largest absolute Gasteiger partial charge is 0.478 e. The van der Waals surface area contributed by atoms with E-state index in [1.165, 1.54) is 37.4 Å². The van der Waals surface area contributed by atoms with Crippen molar-refractivity contribution < 1.29 is 36.6 Å². The number of amides is 1. The second kappa shape index (κ2) is 9.85. The first kappa shape index (κ1) is 25.9. The van der Waals surface area contributed by atoms with Gasteiger partial charge >= 0.3 is 12.1 Å². The molecule has 0 radical (unpaired) electrons. The van der Waals surface area contributed by atoms with E-state index in [1.54, 1.807) is 13.8 Å². The highest BCUT2D eigenvalue weighted by molar-refractivity contribution is 5.97. The number of nitrogens with zero attached hydrogens (tertiary/aromatic N) is 2. The SMILES string of the molecule is Cc1cc(C(=O)O)ccc1C(C)NC(=O)c1c(Cc2ccc(C(F)(F)F)cc2)nn(C)c1C(F)F. The Balaban J connectivity index is 1.91. The van der Waals surface area contributed by atoms with Crippen molar-refractivity contribution in [2.24, 2.45) is 7.05 Å². The van der Waals surface area contributed by atoms with E-state index >= 15 is 0 Å². The predicted octanol–water partition coefficient (Wildman–Crippen LogP) is 5.46. The number of carboxylic acids is 1. The van der Waals surface area contributed by atoms with E-state index in [9.17, 15) is 31.5 Å². The van der Waals surface area contributed by atoms with Crippen LogP contribution in [0.2, 0.25) is 0 Å². The van der Waals surface area contributed by atoms with Crippen LogP contribution in [0.15, 0.2) is 42.5 Å². The van der Waals surface area contributed by atoms with Crippen LogP contribution in [-0.4, -0.2) is 26.8 Å². The number of carbonyl (C=O) groups is 2. The highest BCUT2D eigenvalue weighted by Crippen LogP contribution is 2.31. The molecule has 11 heteroatoms. The normalized spacial score (nSPS) is 12.6. The van der Waals surface area contributed by atoms with Gasteiger partial charge in [0, 0.05) is 13.5 Å². The molecule has 0 saturated heterocycles. The lowest BCUT2D eigenvalue weighted by Gasteiger charge is -2.18. The van der Waals surface area contributed by atoms with Gasteiger partial charge in [0.2, 0.25) is 0 Å². The lowest BCUT2D eigenvalue weighted by molar-refractivity contribution is -0.137. The maximum atomic E-state index is 13.8. The van der Waals surface area contributed by atoms with Crippen molar-refractivity contribution in [3.63, 3.8) is 0 Å². The third-order valence-electron chi connectivity index (χ3n) is 5.58. The zero-order chi connectivity index (χ0) is 26.1. The van der Waals surface area contributed by atoms with Crippen molar-refractivity contribution in [3.05, 3.63) is 87.2 Å². The fourth-order valence-corrected chi connectivity index (χ4v) is 3.86. The summed E-state index contributed by atoms with van der Waals surface area (Å²) in [6.07, 6.45) is -7.68. The minimum Gasteiger partial charge on any atom is -0.478 e. The maximum absolute atomic E-state index is 13.8. The number of aryl methyl sites for hydroxylation is 2. The molecule has 0 bridgehead atoms. The number of hydrogen-bond donors (Lipinski definition) is 2. The van der Waals surface area contributed by atoms with Crippen molar-refractivity contribution in [1.29, 1.82) is 0 Å². The monoisotopic (exact) mass is 495 g/mol. The molecule has 3 aromatic rings. The molecule has 0 spiro atoms. The van der Waals surface area contributed by atoms with E-state index in [-0.39, 0.29) is 23.2 Å². The number of benzene rings is 2. The molecule has 0 aliphatic heterocycles. The molecule has 186 valence electrons. The summed E-state index contributed by atoms with van der Waals surface area (Å²) in [6.45, 7) is 3.28. The third-order valence-corrected chi connectivity index (χ3v) is 5.58. The summed E-state index contributed by atoms with van der Waals surface area (Å²) in [7, 11) is 1.26. The van der Waals surface area contributed by atoms with E-state index in [1.807, 2.05) is 0 Å². The van der Waals surface area contributed by atoms with Crippen LogP contribution in [0.3, 0.4) is 0 Å². The number of carbonyl (C=O) groups excluding carboxylic acids is 1. The molecule has 0 aliphatic carbocycles. The van der Waals surface area contributed by atoms with Gasteiger partial charge in [0.25, 0.3) is 12.3 Å². The fraction of sp³-hybridized carbons (Fsp3) is 0.292. The number of alkyl halides is 5. The van der Waals surface area contributed by atoms with Crippen LogP contribution < -0.4 is 5.32 Å². The zero-order valence-electron chi connectivity index (χ0n) is 19.0. The molecule has 3 rings (SSSR count). The fourth-order valence-electron chi connectivity index (χ4n) is 3.86. The first-order chi connectivity index (χ1) is 16.3. The lowest BCUT2D eigenvalue weighted by atomic mass is 9.99. The van der Waals surface area contributed by atoms with Crippen molar-refractivity contribution >= 4 is 11.9 Å². The molecule has 1 unspecified atom stereocenters. The summed E-state index contributed by atoms with van der Waals surface area (Å²) in [6, 6.07) is 7.84. The molecule has 1 heterocycles. The van der Waals surface area contributed by atoms with E-state index < -0.39 is 41.8 Å². The third kappa shape index (κ3) is 5.67. The topological polar surface area (TPSA) is 84.2 Å². The van der Waals surface area contributed by atoms with Crippen LogP contribution in [0.5, 0.6) is 0 Å². The van der Waals surface area contributed by atoms with Crippen molar-refractivity contribution in [1.82, 2.24) is 15.1 Å². The molecule has 0 fully saturated rings. The van der Waals surface area contributed by atoms with Crippen LogP contribution >= 0.6 is 0 Å². The van der Waals surface area contributed by atoms with Crippen LogP contribution in [0, 0.1) is 6.92 Å². The maximum Gasteiger partial charge on any atom is 0.416 e. The van der Waals surface area contributed by atoms with Crippen molar-refractivity contribution in [2.75, 3.05) is 0 Å². The van der Waals surface area contributed by atoms with Crippen LogP contribution in [0.25, 0.3) is 0 Å². The Morgan fingerprint density at radius 1 is 1.11 bits per heavy atom. The van der Waals surface area contributed by atoms with Gasteiger partial charge in [-0.15, -0.1) is 0 Å². The minimum atomic E-state index is -4.52. The number of aromatic nitrogens is 2. The molecule has 1 atom stereocenters. The smallest absolute Gasteiger partial charge is 0.416 e. The van der Waals surface area contributed by atoms with Gasteiger partial charge in [0.05, 0.1) is 28.4 Å². The summed E-state index contributed by atoms with van der Waals surface area (Å²) in [4.78, 5) is 24.3. The Morgan fingerprint density at radius 3 is 2.26 bits per heavy atom. The van der Waals surface area contributed by atoms with Gasteiger partial charge < -0.3 is 10.4 Å². The molecular formula is C24H22F5N3O3. The Kier molecular flexibility index (Phi) is 7.27. The Hall–Kier alpha value is -3.76. The zero-order valence-corrected chi connectivity index (χ0v) is 19.0. The molecular weight excluding hydrogens is 473 g/mol. The van der Waals surface area contributed by atoms with E-state index in [2.05, 4.69) is 10.4 Å². The Labute approximate surface area is 197 Å². The summed E-state index contributed by atoms with van der Waals surface area (Å²) >= 11 is 0. The molecule has 35 heavy (non-hydrogen) atoms. The highest BCUT2D eigenvalue weighted by atomic mass is 19.4. The standard InChI is InChI=1S/C24H22F5N3O3/c1-12-10-15(23(34)35)6-9-17(12)13(2)30-22(33)19-18(31-32(3)20(19)21(25)26)11-14-4-7-16(8-5-14)24(27,28)29/h4-10,13,21H,11H2,1-3H3,(H,30,33)(H,34,35). The molecule has 6 nitrogen and oxygen atoms in total. The van der Waals surface area contributed by atoms with E-state index in [4.69, 9.17) is 5.11 Å². The van der Waals surface area contributed by atoms with Gasteiger partial charge in [-0.05, 0) is 54.8 Å². The number of aromatic carboxylic acids is 1. The van der Waals surface area contributed by atoms with Gasteiger partial charge in [-0.25, -0.2) is 13.6 Å². The first-order valence-corrected chi connectivity index (χ1v) is 10.4. The van der Waals surface area contributed by atoms with Crippen LogP contribution in [-0.2, 0) is 19.6 Å². The number of nitrogens with one attached hydrogen (secondary N) is 1. The van der Waals surface area contributed by atoms with E-state index in [0.29, 0.717) is 16.7 Å². The van der Waals surface area contributed by atoms with Gasteiger partial charge in [0.15, 0.2) is 0 Å². The molecule has 1 aromatic heterocycles. The van der Waals surface area contributed by atoms with Crippen LogP contribution in [0.4, 0.5) is 22.0 Å².